The van der Waals surface area contributed by atoms with Crippen LogP contribution in [0.15, 0.2) is 120 Å². The molecule has 0 radical (unpaired) electrons. The average molecular weight is 399 g/mol. The molecule has 0 spiro atoms. The van der Waals surface area contributed by atoms with E-state index in [0.29, 0.717) is 0 Å². The molecule has 0 bridgehead atoms. The zero-order chi connectivity index (χ0) is 21.3. The lowest BCUT2D eigenvalue weighted by Gasteiger charge is -2.17. The third kappa shape index (κ3) is 3.67. The summed E-state index contributed by atoms with van der Waals surface area (Å²) in [6, 6.07) is 39.3. The first-order valence-corrected chi connectivity index (χ1v) is 10.9. The van der Waals surface area contributed by atoms with Crippen molar-refractivity contribution in [3.63, 3.8) is 0 Å². The number of allylic oxidation sites excluding steroid dienone is 1. The Kier molecular flexibility index (Phi) is 4.94. The van der Waals surface area contributed by atoms with Gasteiger partial charge in [-0.3, -0.25) is 0 Å². The van der Waals surface area contributed by atoms with Gasteiger partial charge >= 0.3 is 0 Å². The molecule has 0 aromatic heterocycles. The monoisotopic (exact) mass is 398 g/mol. The molecule has 1 aliphatic carbocycles. The predicted molar refractivity (Wildman–Crippen MR) is 130 cm³/mol. The summed E-state index contributed by atoms with van der Waals surface area (Å²) < 4.78 is 0. The normalized spacial score (nSPS) is 14.1. The minimum atomic E-state index is -0.0871. The van der Waals surface area contributed by atoms with Gasteiger partial charge in [0.2, 0.25) is 0 Å². The van der Waals surface area contributed by atoms with Crippen molar-refractivity contribution < 1.29 is 0 Å². The number of rotatable bonds is 4. The van der Waals surface area contributed by atoms with Crippen LogP contribution in [0.25, 0.3) is 5.57 Å². The molecule has 1 fully saturated rings. The number of benzene rings is 4. The zero-order valence-electron chi connectivity index (χ0n) is 18.1. The molecule has 0 heterocycles. The summed E-state index contributed by atoms with van der Waals surface area (Å²) in [5.41, 5.74) is 14.0. The number of hydrogen-bond donors (Lipinski definition) is 0. The molecule has 1 aliphatic rings. The molecule has 0 amide bonds. The van der Waals surface area contributed by atoms with Crippen LogP contribution in [-0.4, -0.2) is 0 Å². The van der Waals surface area contributed by atoms with Gasteiger partial charge < -0.3 is 0 Å². The van der Waals surface area contributed by atoms with E-state index in [4.69, 9.17) is 0 Å². The molecule has 0 heteroatoms. The summed E-state index contributed by atoms with van der Waals surface area (Å²) in [6.45, 7) is 4.30. The smallest absolute Gasteiger partial charge is 0.0530 e. The third-order valence-corrected chi connectivity index (χ3v) is 6.32. The maximum absolute atomic E-state index is 3.87. The fourth-order valence-corrected chi connectivity index (χ4v) is 4.44. The van der Waals surface area contributed by atoms with Crippen LogP contribution in [0.1, 0.15) is 39.8 Å². The predicted octanol–water partition coefficient (Wildman–Crippen LogP) is 7.65. The van der Waals surface area contributed by atoms with Gasteiger partial charge in [-0.1, -0.05) is 120 Å². The van der Waals surface area contributed by atoms with Gasteiger partial charge in [0, 0.05) is 5.57 Å². The van der Waals surface area contributed by atoms with E-state index in [2.05, 4.69) is 129 Å². The molecule has 4 aromatic rings. The first-order valence-electron chi connectivity index (χ1n) is 10.9. The molecule has 4 aromatic carbocycles. The van der Waals surface area contributed by atoms with Crippen LogP contribution in [0.5, 0.6) is 0 Å². The van der Waals surface area contributed by atoms with Gasteiger partial charge in [-0.15, -0.1) is 5.73 Å². The van der Waals surface area contributed by atoms with Crippen LogP contribution in [0.4, 0.5) is 0 Å². The summed E-state index contributed by atoms with van der Waals surface area (Å²) in [4.78, 5) is 0. The van der Waals surface area contributed by atoms with Gasteiger partial charge in [0.15, 0.2) is 0 Å². The number of hydrogen-bond acceptors (Lipinski definition) is 0. The first-order chi connectivity index (χ1) is 15.2. The molecule has 0 nitrogen and oxygen atoms in total. The Labute approximate surface area is 185 Å². The summed E-state index contributed by atoms with van der Waals surface area (Å²) in [5, 5.41) is 0. The van der Waals surface area contributed by atoms with E-state index in [0.717, 1.165) is 12.0 Å². The highest BCUT2D eigenvalue weighted by atomic mass is 14.5. The van der Waals surface area contributed by atoms with E-state index in [1.807, 2.05) is 0 Å². The second-order valence-corrected chi connectivity index (χ2v) is 8.52. The summed E-state index contributed by atoms with van der Waals surface area (Å²) in [7, 11) is 0. The third-order valence-electron chi connectivity index (χ3n) is 6.32. The van der Waals surface area contributed by atoms with Crippen LogP contribution >= 0.6 is 0 Å². The van der Waals surface area contributed by atoms with E-state index in [9.17, 15) is 0 Å². The minimum Gasteiger partial charge on any atom is -0.111 e. The van der Waals surface area contributed by atoms with Gasteiger partial charge in [-0.2, -0.15) is 0 Å². The van der Waals surface area contributed by atoms with Crippen LogP contribution < -0.4 is 0 Å². The lowest BCUT2D eigenvalue weighted by Crippen LogP contribution is -2.09. The molecule has 0 aliphatic heterocycles. The molecular formula is C31H26. The van der Waals surface area contributed by atoms with E-state index in [1.165, 1.54) is 39.0 Å². The Morgan fingerprint density at radius 1 is 0.581 bits per heavy atom. The quantitative estimate of drug-likeness (QED) is 0.310. The van der Waals surface area contributed by atoms with Gasteiger partial charge in [0.25, 0.3) is 0 Å². The Bertz CT molecular complexity index is 1160. The van der Waals surface area contributed by atoms with E-state index in [1.54, 1.807) is 0 Å². The van der Waals surface area contributed by atoms with Gasteiger partial charge in [-0.05, 0) is 48.1 Å². The molecule has 5 rings (SSSR count). The van der Waals surface area contributed by atoms with Gasteiger partial charge in [-0.25, -0.2) is 0 Å². The van der Waals surface area contributed by atoms with Crippen LogP contribution in [0.2, 0.25) is 0 Å². The number of aryl methyl sites for hydroxylation is 2. The fraction of sp³-hybridized carbons (Fsp3) is 0.129. The Balaban J connectivity index is 1.74. The van der Waals surface area contributed by atoms with Gasteiger partial charge in [0.1, 0.15) is 0 Å². The Hall–Kier alpha value is -3.60. The van der Waals surface area contributed by atoms with E-state index >= 15 is 0 Å². The molecular weight excluding hydrogens is 372 g/mol. The van der Waals surface area contributed by atoms with E-state index < -0.39 is 0 Å². The summed E-state index contributed by atoms with van der Waals surface area (Å²) in [5.74, 6) is 0. The van der Waals surface area contributed by atoms with Crippen molar-refractivity contribution in [2.24, 2.45) is 0 Å². The molecule has 0 atom stereocenters. The second-order valence-electron chi connectivity index (χ2n) is 8.52. The highest BCUT2D eigenvalue weighted by molar-refractivity contribution is 5.81. The van der Waals surface area contributed by atoms with Crippen LogP contribution in [0.3, 0.4) is 0 Å². The lowest BCUT2D eigenvalue weighted by molar-refractivity contribution is 0.879. The topological polar surface area (TPSA) is 0 Å². The second kappa shape index (κ2) is 7.91. The molecule has 1 saturated carbocycles. The van der Waals surface area contributed by atoms with Crippen molar-refractivity contribution in [1.82, 2.24) is 0 Å². The van der Waals surface area contributed by atoms with Crippen molar-refractivity contribution in [3.05, 3.63) is 154 Å². The largest absolute Gasteiger partial charge is 0.111 e. The van der Waals surface area contributed by atoms with Crippen molar-refractivity contribution in [1.29, 1.82) is 0 Å². The van der Waals surface area contributed by atoms with Crippen LogP contribution in [0, 0.1) is 13.8 Å². The summed E-state index contributed by atoms with van der Waals surface area (Å²) >= 11 is 0. The summed E-state index contributed by atoms with van der Waals surface area (Å²) in [6.07, 6.45) is 1.00. The first kappa shape index (κ1) is 19.4. The SMILES string of the molecule is Cc1ccc(C2(c3ccc(C)cc3)CC2=C=C(c2ccccc2)c2ccccc2)cc1. The Morgan fingerprint density at radius 2 is 1.00 bits per heavy atom. The molecule has 31 heavy (non-hydrogen) atoms. The molecule has 150 valence electrons. The average Bonchev–Trinajstić information content (AvgIpc) is 3.54. The molecule has 0 unspecified atom stereocenters. The molecule has 0 saturated heterocycles. The van der Waals surface area contributed by atoms with E-state index in [-0.39, 0.29) is 5.41 Å². The maximum atomic E-state index is 3.87. The maximum Gasteiger partial charge on any atom is 0.0530 e. The van der Waals surface area contributed by atoms with Crippen molar-refractivity contribution >= 4 is 5.57 Å². The Morgan fingerprint density at radius 3 is 1.42 bits per heavy atom. The van der Waals surface area contributed by atoms with Crippen molar-refractivity contribution in [2.45, 2.75) is 25.7 Å². The lowest BCUT2D eigenvalue weighted by atomic mass is 9.86. The fourth-order valence-electron chi connectivity index (χ4n) is 4.44. The highest BCUT2D eigenvalue weighted by Crippen LogP contribution is 2.58. The van der Waals surface area contributed by atoms with Crippen molar-refractivity contribution in [3.8, 4) is 0 Å². The van der Waals surface area contributed by atoms with Crippen LogP contribution in [-0.2, 0) is 5.41 Å². The van der Waals surface area contributed by atoms with Gasteiger partial charge in [0.05, 0.1) is 5.41 Å². The molecule has 0 N–H and O–H groups in total. The zero-order valence-corrected chi connectivity index (χ0v) is 18.1. The van der Waals surface area contributed by atoms with Crippen molar-refractivity contribution in [2.75, 3.05) is 0 Å². The highest BCUT2D eigenvalue weighted by Gasteiger charge is 2.52. The standard InChI is InChI=1S/C31H26/c1-23-13-17-27(18-14-23)31(28-19-15-24(2)16-20-28)22-29(31)21-30(25-9-5-3-6-10-25)26-11-7-4-8-12-26/h3-20H,22H2,1-2H3. The minimum absolute atomic E-state index is 0.0871.